The van der Waals surface area contributed by atoms with Gasteiger partial charge in [0.05, 0.1) is 39.6 Å². The monoisotopic (exact) mass is 1020 g/mol. The van der Waals surface area contributed by atoms with Crippen molar-refractivity contribution in [1.29, 1.82) is 5.26 Å². The SMILES string of the molecule is CC[C@@]1(O)C(=O)OCc2c1cc1n(c2=O)Cc2cc3c(CN(C)C)c(OC(=O)N4CCN(C(=O)C5CCN(c6ccc(C(=O)NC7CCC(/C=[N+](/C)c8ccc(C#N)c(Cl)c8)CC7)nn6)CC5)CC4)ccc3nc2-1. The molecule has 74 heavy (non-hydrogen) atoms. The molecule has 0 spiro atoms. The Morgan fingerprint density at radius 1 is 0.973 bits per heavy atom. The molecule has 7 heterocycles. The van der Waals surface area contributed by atoms with Crippen LogP contribution in [0.2, 0.25) is 5.02 Å². The second kappa shape index (κ2) is 20.6. The average molecular weight is 1030 g/mol. The number of cyclic esters (lactones) is 1. The number of ether oxygens (including phenoxy) is 2. The molecule has 2 aromatic carbocycles. The third-order valence-corrected chi connectivity index (χ3v) is 15.7. The van der Waals surface area contributed by atoms with E-state index in [9.17, 15) is 34.3 Å². The van der Waals surface area contributed by atoms with Gasteiger partial charge in [0.15, 0.2) is 17.1 Å². The summed E-state index contributed by atoms with van der Waals surface area (Å²) in [6.07, 6.45) is 6.51. The molecular weight excluding hydrogens is 966 g/mol. The van der Waals surface area contributed by atoms with Gasteiger partial charge in [-0.25, -0.2) is 19.1 Å². The number of nitrogens with zero attached hydrogens (tertiary/aromatic N) is 10. The van der Waals surface area contributed by atoms with Crippen molar-refractivity contribution < 1.29 is 38.3 Å². The van der Waals surface area contributed by atoms with Gasteiger partial charge in [-0.15, -0.1) is 10.2 Å². The Morgan fingerprint density at radius 2 is 1.72 bits per heavy atom. The number of aromatic nitrogens is 4. The molecule has 1 aliphatic carbocycles. The predicted molar refractivity (Wildman–Crippen MR) is 274 cm³/mol. The highest BCUT2D eigenvalue weighted by Gasteiger charge is 2.45. The minimum absolute atomic E-state index is 0.0393. The normalized spacial score (nSPS) is 20.9. The van der Waals surface area contributed by atoms with Crippen LogP contribution in [0.25, 0.3) is 22.3 Å². The number of benzene rings is 2. The topological polar surface area (TPSA) is 219 Å². The number of hydrogen-bond acceptors (Lipinski definition) is 14. The van der Waals surface area contributed by atoms with E-state index in [0.717, 1.165) is 47.9 Å². The molecule has 5 aromatic rings. The second-order valence-electron chi connectivity index (χ2n) is 20.3. The summed E-state index contributed by atoms with van der Waals surface area (Å²) in [4.78, 5) is 79.7. The molecule has 10 rings (SSSR count). The molecule has 0 bridgehead atoms. The molecule has 4 aliphatic heterocycles. The Morgan fingerprint density at radius 3 is 2.39 bits per heavy atom. The number of halogens is 1. The smallest absolute Gasteiger partial charge is 0.415 e. The van der Waals surface area contributed by atoms with E-state index in [1.54, 1.807) is 52.8 Å². The highest BCUT2D eigenvalue weighted by atomic mass is 35.5. The second-order valence-corrected chi connectivity index (χ2v) is 20.7. The van der Waals surface area contributed by atoms with Gasteiger partial charge in [-0.3, -0.25) is 14.4 Å². The van der Waals surface area contributed by atoms with Crippen molar-refractivity contribution in [3.8, 4) is 23.2 Å². The third kappa shape index (κ3) is 9.69. The van der Waals surface area contributed by atoms with E-state index in [2.05, 4.69) is 32.7 Å². The molecule has 3 aromatic heterocycles. The molecule has 1 saturated carbocycles. The number of rotatable bonds is 10. The highest BCUT2D eigenvalue weighted by Crippen LogP contribution is 2.40. The van der Waals surface area contributed by atoms with E-state index in [4.69, 9.17) is 26.1 Å². The van der Waals surface area contributed by atoms with E-state index in [0.29, 0.717) is 104 Å². The molecule has 384 valence electrons. The molecule has 2 saturated heterocycles. The van der Waals surface area contributed by atoms with Gasteiger partial charge < -0.3 is 44.1 Å². The Bertz CT molecular complexity index is 3200. The Balaban J connectivity index is 0.702. The molecule has 0 unspecified atom stereocenters. The first kappa shape index (κ1) is 50.3. The molecule has 19 nitrogen and oxygen atoms in total. The fourth-order valence-electron chi connectivity index (χ4n) is 11.1. The first-order valence-corrected chi connectivity index (χ1v) is 25.7. The first-order valence-electron chi connectivity index (χ1n) is 25.3. The number of piperidine rings is 1. The zero-order valence-corrected chi connectivity index (χ0v) is 42.7. The maximum atomic E-state index is 13.8. The number of hydrogen-bond donors (Lipinski definition) is 2. The first-order chi connectivity index (χ1) is 35.6. The lowest BCUT2D eigenvalue weighted by molar-refractivity contribution is -0.402. The van der Waals surface area contributed by atoms with Crippen molar-refractivity contribution in [2.45, 2.75) is 83.2 Å². The van der Waals surface area contributed by atoms with Crippen molar-refractivity contribution in [1.82, 2.24) is 39.8 Å². The largest absolute Gasteiger partial charge is 0.458 e. The van der Waals surface area contributed by atoms with Crippen molar-refractivity contribution in [2.75, 3.05) is 65.3 Å². The molecule has 20 heteroatoms. The molecule has 1 atom stereocenters. The van der Waals surface area contributed by atoms with Gasteiger partial charge >= 0.3 is 12.1 Å². The summed E-state index contributed by atoms with van der Waals surface area (Å²) in [5, 5.41) is 33.5. The van der Waals surface area contributed by atoms with Gasteiger partial charge in [-0.2, -0.15) is 5.26 Å². The zero-order valence-electron chi connectivity index (χ0n) is 42.0. The Labute approximate surface area is 432 Å². The van der Waals surface area contributed by atoms with Crippen LogP contribution in [-0.2, 0) is 39.6 Å². The van der Waals surface area contributed by atoms with Crippen LogP contribution in [0.5, 0.6) is 5.75 Å². The van der Waals surface area contributed by atoms with Gasteiger partial charge in [0.1, 0.15) is 31.7 Å². The van der Waals surface area contributed by atoms with Gasteiger partial charge in [-0.1, -0.05) is 18.5 Å². The average Bonchev–Trinajstić information content (AvgIpc) is 3.78. The van der Waals surface area contributed by atoms with Crippen LogP contribution < -0.4 is 20.5 Å². The lowest BCUT2D eigenvalue weighted by Gasteiger charge is -2.38. The number of nitriles is 1. The van der Waals surface area contributed by atoms with Crippen molar-refractivity contribution in [3.05, 3.63) is 103 Å². The number of carbonyl (C=O) groups is 4. The maximum absolute atomic E-state index is 13.8. The number of fused-ring (bicyclic) bond motifs is 5. The van der Waals surface area contributed by atoms with Crippen LogP contribution in [0, 0.1) is 23.2 Å². The lowest BCUT2D eigenvalue weighted by atomic mass is 9.86. The summed E-state index contributed by atoms with van der Waals surface area (Å²) in [6, 6.07) is 18.2. The zero-order chi connectivity index (χ0) is 52.0. The van der Waals surface area contributed by atoms with Gasteiger partial charge in [0, 0.05) is 97.9 Å². The van der Waals surface area contributed by atoms with Crippen molar-refractivity contribution in [2.24, 2.45) is 11.8 Å². The highest BCUT2D eigenvalue weighted by molar-refractivity contribution is 6.31. The van der Waals surface area contributed by atoms with E-state index in [1.165, 1.54) is 0 Å². The molecule has 2 N–H and O–H groups in total. The standard InChI is InChI=1S/C54H58ClN11O8/c1-5-54(72)41-26-45-48-35(29-66(45)51(69)40(41)31-73-52(54)70)24-38-39(30-61(2)3)46(14-12-43(38)58-48)74-53(71)65-22-20-64(21-23-65)50(68)33-16-18-63(19-17-33)47-15-13-44(59-60-47)49(67)57-36-9-6-32(7-10-36)28-62(4)37-11-8-34(27-56)42(55)25-37/h8,11-15,24-26,28,32-33,36,72H,5-7,9-10,16-23,29-31H2,1-4H3/p+1/b62-28-/t32?,36?,54-/m0/s1. The Kier molecular flexibility index (Phi) is 14.0. The van der Waals surface area contributed by atoms with E-state index < -0.39 is 17.7 Å². The number of anilines is 1. The molecular formula is C54H59ClN11O8+. The minimum Gasteiger partial charge on any atom is -0.458 e. The Hall–Kier alpha value is -7.27. The summed E-state index contributed by atoms with van der Waals surface area (Å²) < 4.78 is 15.0. The summed E-state index contributed by atoms with van der Waals surface area (Å²) >= 11 is 6.25. The van der Waals surface area contributed by atoms with E-state index >= 15 is 0 Å². The molecule has 5 aliphatic rings. The minimum atomic E-state index is -1.93. The van der Waals surface area contributed by atoms with Gasteiger partial charge in [-0.05, 0) is 102 Å². The summed E-state index contributed by atoms with van der Waals surface area (Å²) in [6.45, 7) is 4.76. The summed E-state index contributed by atoms with van der Waals surface area (Å²) in [5.41, 5.74) is 3.11. The van der Waals surface area contributed by atoms with Gasteiger partial charge in [0.25, 0.3) is 11.5 Å². The molecule has 3 fully saturated rings. The number of nitrogens with one attached hydrogen (secondary N) is 1. The lowest BCUT2D eigenvalue weighted by Crippen LogP contribution is -2.53. The predicted octanol–water partition coefficient (Wildman–Crippen LogP) is 5.35. The van der Waals surface area contributed by atoms with Crippen LogP contribution in [-0.4, -0.2) is 141 Å². The summed E-state index contributed by atoms with van der Waals surface area (Å²) in [7, 11) is 5.81. The van der Waals surface area contributed by atoms with Crippen LogP contribution in [0.3, 0.4) is 0 Å². The number of aliphatic hydroxyl groups is 1. The number of piperazine rings is 1. The van der Waals surface area contributed by atoms with Crippen LogP contribution >= 0.6 is 11.6 Å². The fraction of sp³-hybridized carbons (Fsp3) is 0.444. The van der Waals surface area contributed by atoms with Crippen molar-refractivity contribution >= 4 is 64.1 Å². The van der Waals surface area contributed by atoms with Crippen LogP contribution in [0.15, 0.2) is 59.4 Å². The summed E-state index contributed by atoms with van der Waals surface area (Å²) in [5.74, 6) is 0.272. The maximum Gasteiger partial charge on any atom is 0.415 e. The van der Waals surface area contributed by atoms with Crippen molar-refractivity contribution in [3.63, 3.8) is 0 Å². The van der Waals surface area contributed by atoms with Crippen LogP contribution in [0.4, 0.5) is 16.3 Å². The number of pyridine rings is 2. The molecule has 0 radical (unpaired) electrons. The quantitative estimate of drug-likeness (QED) is 0.100. The van der Waals surface area contributed by atoms with E-state index in [-0.39, 0.29) is 65.7 Å². The fourth-order valence-corrected chi connectivity index (χ4v) is 11.3. The van der Waals surface area contributed by atoms with E-state index in [1.807, 2.05) is 53.7 Å². The number of carbonyl (C=O) groups excluding carboxylic acids is 4. The van der Waals surface area contributed by atoms with Gasteiger partial charge in [0.2, 0.25) is 11.6 Å². The third-order valence-electron chi connectivity index (χ3n) is 15.4. The molecule has 3 amide bonds. The number of esters is 1. The van der Waals surface area contributed by atoms with Crippen LogP contribution in [0.1, 0.15) is 90.2 Å². The number of amides is 3.